The van der Waals surface area contributed by atoms with Crippen molar-refractivity contribution >= 4 is 0 Å². The molecule has 0 N–H and O–H groups in total. The fourth-order valence-electron chi connectivity index (χ4n) is 4.36. The largest absolute Gasteiger partial charge is 2.00 e. The second-order valence-corrected chi connectivity index (χ2v) is 16.6. The summed E-state index contributed by atoms with van der Waals surface area (Å²) in [6.45, 7) is 41.5. The molecule has 0 nitrogen and oxygen atoms in total. The van der Waals surface area contributed by atoms with Crippen molar-refractivity contribution in [1.29, 1.82) is 0 Å². The van der Waals surface area contributed by atoms with Crippen LogP contribution in [-0.4, -0.2) is 0 Å². The van der Waals surface area contributed by atoms with Crippen molar-refractivity contribution < 1.29 is 17.1 Å². The van der Waals surface area contributed by atoms with Gasteiger partial charge in [-0.05, 0) is 21.7 Å². The SMILES string of the molecule is CC(C)(C)c1cc(C(C)(C)C)c(C(C)(C)C)[cH-]1.CC(C)(C)c1cc(C(C)(C)C)c(C(C)(C)C)[cH-]1.[Fe+2]. The number of hydrogen-bond donors (Lipinski definition) is 0. The molecule has 35 heavy (non-hydrogen) atoms. The molecule has 0 radical (unpaired) electrons. The van der Waals surface area contributed by atoms with Crippen molar-refractivity contribution in [2.75, 3.05) is 0 Å². The molecule has 0 aromatic heterocycles. The molecule has 1 heteroatoms. The van der Waals surface area contributed by atoms with Crippen LogP contribution in [0.2, 0.25) is 0 Å². The van der Waals surface area contributed by atoms with Gasteiger partial charge in [0.1, 0.15) is 0 Å². The van der Waals surface area contributed by atoms with Crippen molar-refractivity contribution in [3.63, 3.8) is 0 Å². The molecule has 0 aliphatic carbocycles. The third-order valence-electron chi connectivity index (χ3n) is 6.74. The molecule has 0 amide bonds. The molecule has 0 bridgehead atoms. The standard InChI is InChI=1S/2C17H29.Fe/c2*1-15(2,3)12-10-13(16(4,5)6)14(11-12)17(7,8)9;/h2*10-11H,1-9H3;/q2*-1;+2. The Morgan fingerprint density at radius 1 is 0.371 bits per heavy atom. The van der Waals surface area contributed by atoms with Crippen LogP contribution in [0.1, 0.15) is 158 Å². The summed E-state index contributed by atoms with van der Waals surface area (Å²) >= 11 is 0. The molecular weight excluding hydrogens is 464 g/mol. The van der Waals surface area contributed by atoms with E-state index in [4.69, 9.17) is 0 Å². The zero-order valence-corrected chi connectivity index (χ0v) is 27.8. The van der Waals surface area contributed by atoms with Crippen LogP contribution in [0.5, 0.6) is 0 Å². The van der Waals surface area contributed by atoms with Crippen LogP contribution >= 0.6 is 0 Å². The van der Waals surface area contributed by atoms with E-state index in [9.17, 15) is 0 Å². The summed E-state index contributed by atoms with van der Waals surface area (Å²) in [6, 6.07) is 9.67. The first-order valence-corrected chi connectivity index (χ1v) is 13.3. The molecule has 2 aromatic carbocycles. The van der Waals surface area contributed by atoms with Crippen molar-refractivity contribution in [3.05, 3.63) is 57.6 Å². The molecule has 202 valence electrons. The monoisotopic (exact) mass is 522 g/mol. The van der Waals surface area contributed by atoms with E-state index < -0.39 is 0 Å². The first kappa shape index (κ1) is 34.2. The minimum atomic E-state index is 0. The quantitative estimate of drug-likeness (QED) is 0.238. The maximum atomic E-state index is 2.42. The van der Waals surface area contributed by atoms with Gasteiger partial charge in [0, 0.05) is 0 Å². The molecule has 0 atom stereocenters. The Bertz CT molecular complexity index is 790. The fraction of sp³-hybridized carbons (Fsp3) is 0.706. The summed E-state index contributed by atoms with van der Waals surface area (Å²) in [6.07, 6.45) is 0. The average Bonchev–Trinajstić information content (AvgIpc) is 3.18. The van der Waals surface area contributed by atoms with Gasteiger partial charge in [-0.15, -0.1) is 0 Å². The first-order valence-electron chi connectivity index (χ1n) is 13.3. The van der Waals surface area contributed by atoms with Gasteiger partial charge in [0.05, 0.1) is 0 Å². The van der Waals surface area contributed by atoms with E-state index in [0.717, 1.165) is 0 Å². The van der Waals surface area contributed by atoms with E-state index >= 15 is 0 Å². The van der Waals surface area contributed by atoms with Gasteiger partial charge in [-0.2, -0.15) is 45.5 Å². The predicted octanol–water partition coefficient (Wildman–Crippen LogP) is 10.6. The van der Waals surface area contributed by atoms with E-state index in [1.165, 1.54) is 33.4 Å². The molecular formula is C34H58Fe. The second-order valence-electron chi connectivity index (χ2n) is 16.6. The number of hydrogen-bond acceptors (Lipinski definition) is 0. The third-order valence-corrected chi connectivity index (χ3v) is 6.74. The fourth-order valence-corrected chi connectivity index (χ4v) is 4.36. The van der Waals surface area contributed by atoms with Gasteiger partial charge < -0.3 is 0 Å². The Morgan fingerprint density at radius 2 is 0.600 bits per heavy atom. The zero-order valence-electron chi connectivity index (χ0n) is 26.7. The van der Waals surface area contributed by atoms with E-state index in [-0.39, 0.29) is 49.6 Å². The molecule has 2 rings (SSSR count). The van der Waals surface area contributed by atoms with Crippen molar-refractivity contribution in [3.8, 4) is 0 Å². The smallest absolute Gasteiger partial charge is 0.206 e. The van der Waals surface area contributed by atoms with Gasteiger partial charge >= 0.3 is 17.1 Å². The van der Waals surface area contributed by atoms with Crippen molar-refractivity contribution in [2.45, 2.75) is 157 Å². The Morgan fingerprint density at radius 3 is 0.714 bits per heavy atom. The van der Waals surface area contributed by atoms with E-state index in [1.54, 1.807) is 0 Å². The van der Waals surface area contributed by atoms with Crippen molar-refractivity contribution in [1.82, 2.24) is 0 Å². The number of rotatable bonds is 0. The van der Waals surface area contributed by atoms with Gasteiger partial charge in [-0.1, -0.05) is 135 Å². The van der Waals surface area contributed by atoms with Crippen LogP contribution < -0.4 is 0 Å². The molecule has 0 heterocycles. The Labute approximate surface area is 231 Å². The minimum Gasteiger partial charge on any atom is -0.206 e. The summed E-state index contributed by atoms with van der Waals surface area (Å²) in [5.41, 5.74) is 10.4. The predicted molar refractivity (Wildman–Crippen MR) is 156 cm³/mol. The summed E-state index contributed by atoms with van der Waals surface area (Å²) in [4.78, 5) is 0. The molecule has 0 saturated carbocycles. The molecule has 0 spiro atoms. The first-order chi connectivity index (χ1) is 14.7. The maximum Gasteiger partial charge on any atom is 2.00 e. The maximum absolute atomic E-state index is 2.42. The van der Waals surface area contributed by atoms with E-state index in [1.807, 2.05) is 0 Å². The van der Waals surface area contributed by atoms with E-state index in [0.29, 0.717) is 0 Å². The molecule has 2 aromatic rings. The topological polar surface area (TPSA) is 0 Å². The van der Waals surface area contributed by atoms with Gasteiger partial charge in [0.15, 0.2) is 0 Å². The molecule has 0 aliphatic heterocycles. The summed E-state index contributed by atoms with van der Waals surface area (Å²) in [7, 11) is 0. The molecule has 0 aliphatic rings. The Balaban J connectivity index is 0.000000642. The van der Waals surface area contributed by atoms with Gasteiger partial charge in [-0.25, -0.2) is 12.1 Å². The summed E-state index contributed by atoms with van der Waals surface area (Å²) in [5.74, 6) is 0. The molecule has 0 unspecified atom stereocenters. The Hall–Kier alpha value is -0.781. The van der Waals surface area contributed by atoms with E-state index in [2.05, 4.69) is 149 Å². The van der Waals surface area contributed by atoms with Crippen LogP contribution in [0.15, 0.2) is 24.3 Å². The van der Waals surface area contributed by atoms with Crippen LogP contribution in [0.25, 0.3) is 0 Å². The van der Waals surface area contributed by atoms with Crippen molar-refractivity contribution in [2.24, 2.45) is 0 Å². The van der Waals surface area contributed by atoms with Gasteiger partial charge in [0.2, 0.25) is 0 Å². The van der Waals surface area contributed by atoms with Gasteiger partial charge in [-0.3, -0.25) is 0 Å². The van der Waals surface area contributed by atoms with Gasteiger partial charge in [0.25, 0.3) is 0 Å². The van der Waals surface area contributed by atoms with Crippen LogP contribution in [0.4, 0.5) is 0 Å². The average molecular weight is 523 g/mol. The summed E-state index contributed by atoms with van der Waals surface area (Å²) < 4.78 is 0. The normalized spacial score (nSPS) is 13.8. The molecule has 0 saturated heterocycles. The van der Waals surface area contributed by atoms with Crippen LogP contribution in [0.3, 0.4) is 0 Å². The summed E-state index contributed by atoms with van der Waals surface area (Å²) in [5, 5.41) is 0. The zero-order chi connectivity index (χ0) is 27.3. The second kappa shape index (κ2) is 10.5. The minimum absolute atomic E-state index is 0. The molecule has 0 fully saturated rings. The third kappa shape index (κ3) is 9.23. The van der Waals surface area contributed by atoms with Crippen LogP contribution in [-0.2, 0) is 49.6 Å². The Kier molecular flexibility index (Phi) is 10.3. The van der Waals surface area contributed by atoms with Crippen LogP contribution in [0, 0.1) is 0 Å².